The molecule has 1 aromatic carbocycles. The molecule has 1 aromatic heterocycles. The molecule has 0 saturated heterocycles. The van der Waals surface area contributed by atoms with Crippen LogP contribution >= 0.6 is 22.9 Å². The number of nitrogens with one attached hydrogen (secondary N) is 1. The van der Waals surface area contributed by atoms with Gasteiger partial charge >= 0.3 is 0 Å². The highest BCUT2D eigenvalue weighted by Crippen LogP contribution is 2.21. The predicted octanol–water partition coefficient (Wildman–Crippen LogP) is 2.94. The van der Waals surface area contributed by atoms with E-state index < -0.39 is 16.1 Å². The number of aliphatic hydroxyl groups is 1. The molecule has 0 saturated carbocycles. The number of sulfonamides is 1. The second kappa shape index (κ2) is 7.38. The van der Waals surface area contributed by atoms with E-state index in [9.17, 15) is 13.5 Å². The highest BCUT2D eigenvalue weighted by molar-refractivity contribution is 7.88. The topological polar surface area (TPSA) is 66.4 Å². The van der Waals surface area contributed by atoms with Crippen molar-refractivity contribution >= 4 is 33.0 Å². The summed E-state index contributed by atoms with van der Waals surface area (Å²) in [6, 6.07) is 10.5. The number of rotatable bonds is 7. The summed E-state index contributed by atoms with van der Waals surface area (Å²) in [5.41, 5.74) is 0.561. The molecule has 7 heteroatoms. The van der Waals surface area contributed by atoms with E-state index in [2.05, 4.69) is 4.72 Å². The molecule has 2 aromatic rings. The molecule has 0 aliphatic carbocycles. The Hall–Kier alpha value is -0.920. The third-order valence-corrected chi connectivity index (χ3v) is 5.59. The molecule has 2 N–H and O–H groups in total. The lowest BCUT2D eigenvalue weighted by Crippen LogP contribution is -2.27. The first-order valence-electron chi connectivity index (χ1n) is 6.40. The van der Waals surface area contributed by atoms with Gasteiger partial charge < -0.3 is 5.11 Å². The van der Waals surface area contributed by atoms with Crippen LogP contribution in [0.4, 0.5) is 0 Å². The Morgan fingerprint density at radius 3 is 2.67 bits per heavy atom. The van der Waals surface area contributed by atoms with Gasteiger partial charge in [0.25, 0.3) is 0 Å². The lowest BCUT2D eigenvalue weighted by Gasteiger charge is -2.10. The first-order chi connectivity index (χ1) is 9.98. The third-order valence-electron chi connectivity index (χ3n) is 2.91. The minimum Gasteiger partial charge on any atom is -0.388 e. The van der Waals surface area contributed by atoms with E-state index in [0.29, 0.717) is 17.0 Å². The van der Waals surface area contributed by atoms with E-state index in [0.717, 1.165) is 4.88 Å². The third kappa shape index (κ3) is 5.09. The van der Waals surface area contributed by atoms with Gasteiger partial charge in [-0.25, -0.2) is 13.1 Å². The summed E-state index contributed by atoms with van der Waals surface area (Å²) in [6.07, 6.45) is -0.310. The average molecular weight is 346 g/mol. The molecule has 1 atom stereocenters. The van der Waals surface area contributed by atoms with Gasteiger partial charge in [-0.2, -0.15) is 0 Å². The van der Waals surface area contributed by atoms with Gasteiger partial charge in [0.1, 0.15) is 0 Å². The maximum absolute atomic E-state index is 12.0. The van der Waals surface area contributed by atoms with Crippen LogP contribution in [0.25, 0.3) is 0 Å². The van der Waals surface area contributed by atoms with Crippen molar-refractivity contribution in [1.29, 1.82) is 0 Å². The van der Waals surface area contributed by atoms with Crippen LogP contribution in [-0.2, 0) is 15.8 Å². The molecule has 0 amide bonds. The number of halogens is 1. The Labute approximate surface area is 133 Å². The monoisotopic (exact) mass is 345 g/mol. The molecule has 2 rings (SSSR count). The van der Waals surface area contributed by atoms with Crippen LogP contribution in [0.2, 0.25) is 5.02 Å². The lowest BCUT2D eigenvalue weighted by atomic mass is 10.2. The summed E-state index contributed by atoms with van der Waals surface area (Å²) in [6.45, 7) is 0.186. The predicted molar refractivity (Wildman–Crippen MR) is 86.0 cm³/mol. The smallest absolute Gasteiger partial charge is 0.215 e. The fourth-order valence-corrected chi connectivity index (χ4v) is 4.07. The largest absolute Gasteiger partial charge is 0.388 e. The molecular weight excluding hydrogens is 330 g/mol. The van der Waals surface area contributed by atoms with Gasteiger partial charge in [-0.1, -0.05) is 35.9 Å². The molecule has 0 aliphatic rings. The van der Waals surface area contributed by atoms with Crippen molar-refractivity contribution < 1.29 is 13.5 Å². The Kier molecular flexibility index (Phi) is 5.78. The maximum atomic E-state index is 12.0. The molecule has 1 unspecified atom stereocenters. The van der Waals surface area contributed by atoms with E-state index in [1.165, 1.54) is 11.3 Å². The van der Waals surface area contributed by atoms with Crippen molar-refractivity contribution in [3.8, 4) is 0 Å². The Morgan fingerprint density at radius 2 is 2.00 bits per heavy atom. The fourth-order valence-electron chi connectivity index (χ4n) is 1.85. The number of hydrogen-bond acceptors (Lipinski definition) is 4. The Balaban J connectivity index is 1.86. The van der Waals surface area contributed by atoms with Crippen molar-refractivity contribution in [3.63, 3.8) is 0 Å². The molecule has 4 nitrogen and oxygen atoms in total. The molecule has 0 radical (unpaired) electrons. The summed E-state index contributed by atoms with van der Waals surface area (Å²) in [4.78, 5) is 0.834. The van der Waals surface area contributed by atoms with Crippen LogP contribution in [0.1, 0.15) is 23.0 Å². The molecule has 21 heavy (non-hydrogen) atoms. The van der Waals surface area contributed by atoms with E-state index in [1.54, 1.807) is 24.3 Å². The fraction of sp³-hybridized carbons (Fsp3) is 0.286. The van der Waals surface area contributed by atoms with Crippen LogP contribution in [0.3, 0.4) is 0 Å². The Morgan fingerprint density at radius 1 is 1.24 bits per heavy atom. The van der Waals surface area contributed by atoms with E-state index in [4.69, 9.17) is 11.6 Å². The first kappa shape index (κ1) is 16.5. The molecule has 0 aliphatic heterocycles. The minimum absolute atomic E-state index is 0.165. The van der Waals surface area contributed by atoms with Crippen molar-refractivity contribution in [3.05, 3.63) is 57.2 Å². The maximum Gasteiger partial charge on any atom is 0.215 e. The average Bonchev–Trinajstić information content (AvgIpc) is 2.95. The molecule has 0 spiro atoms. The van der Waals surface area contributed by atoms with Gasteiger partial charge in [-0.15, -0.1) is 11.3 Å². The molecule has 0 bridgehead atoms. The summed E-state index contributed by atoms with van der Waals surface area (Å²) < 4.78 is 26.4. The second-order valence-corrected chi connectivity index (χ2v) is 7.76. The molecule has 0 fully saturated rings. The SMILES string of the molecule is O=S(=O)(Cc1ccccc1Cl)NCCC(O)c1cccs1. The molecule has 1 heterocycles. The summed E-state index contributed by atoms with van der Waals surface area (Å²) >= 11 is 7.40. The zero-order valence-electron chi connectivity index (χ0n) is 11.2. The summed E-state index contributed by atoms with van der Waals surface area (Å²) in [7, 11) is -3.46. The molecule has 114 valence electrons. The van der Waals surface area contributed by atoms with Crippen molar-refractivity contribution in [1.82, 2.24) is 4.72 Å². The first-order valence-corrected chi connectivity index (χ1v) is 9.31. The van der Waals surface area contributed by atoms with Gasteiger partial charge in [0.2, 0.25) is 10.0 Å². The number of thiophene rings is 1. The minimum atomic E-state index is -3.46. The van der Waals surface area contributed by atoms with Crippen LogP contribution in [0, 0.1) is 0 Å². The van der Waals surface area contributed by atoms with Gasteiger partial charge in [0.05, 0.1) is 11.9 Å². The molecular formula is C14H16ClNO3S2. The highest BCUT2D eigenvalue weighted by atomic mass is 35.5. The van der Waals surface area contributed by atoms with Crippen LogP contribution < -0.4 is 4.72 Å². The van der Waals surface area contributed by atoms with Crippen LogP contribution in [0.5, 0.6) is 0 Å². The number of benzene rings is 1. The van der Waals surface area contributed by atoms with Crippen molar-refractivity contribution in [2.24, 2.45) is 0 Å². The van der Waals surface area contributed by atoms with E-state index >= 15 is 0 Å². The van der Waals surface area contributed by atoms with Crippen LogP contribution in [0.15, 0.2) is 41.8 Å². The summed E-state index contributed by atoms with van der Waals surface area (Å²) in [5, 5.41) is 12.2. The second-order valence-electron chi connectivity index (χ2n) is 4.56. The normalized spacial score (nSPS) is 13.2. The van der Waals surface area contributed by atoms with E-state index in [-0.39, 0.29) is 12.3 Å². The van der Waals surface area contributed by atoms with Crippen molar-refractivity contribution in [2.45, 2.75) is 18.3 Å². The number of hydrogen-bond donors (Lipinski definition) is 2. The highest BCUT2D eigenvalue weighted by Gasteiger charge is 2.15. The number of aliphatic hydroxyl groups excluding tert-OH is 1. The van der Waals surface area contributed by atoms with E-state index in [1.807, 2.05) is 17.5 Å². The van der Waals surface area contributed by atoms with Crippen molar-refractivity contribution in [2.75, 3.05) is 6.54 Å². The van der Waals surface area contributed by atoms with Gasteiger partial charge in [0, 0.05) is 16.4 Å². The van der Waals surface area contributed by atoms with Gasteiger partial charge in [0.15, 0.2) is 0 Å². The van der Waals surface area contributed by atoms with Gasteiger partial charge in [-0.05, 0) is 29.5 Å². The standard InChI is InChI=1S/C14H16ClNO3S2/c15-12-5-2-1-4-11(12)10-21(18,19)16-8-7-13(17)14-6-3-9-20-14/h1-6,9,13,16-17H,7-8,10H2. The quantitative estimate of drug-likeness (QED) is 0.810. The Bertz CT molecular complexity index is 671. The zero-order valence-corrected chi connectivity index (χ0v) is 13.6. The van der Waals surface area contributed by atoms with Crippen LogP contribution in [-0.4, -0.2) is 20.1 Å². The lowest BCUT2D eigenvalue weighted by molar-refractivity contribution is 0.173. The summed E-state index contributed by atoms with van der Waals surface area (Å²) in [5.74, 6) is -0.165. The van der Waals surface area contributed by atoms with Gasteiger partial charge in [-0.3, -0.25) is 0 Å². The zero-order chi connectivity index (χ0) is 15.3.